The molecular weight excluding hydrogens is 430 g/mol. The van der Waals surface area contributed by atoms with Crippen LogP contribution in [0.3, 0.4) is 0 Å². The molecule has 1 aliphatic heterocycles. The smallest absolute Gasteiger partial charge is 0.162 e. The van der Waals surface area contributed by atoms with Crippen molar-refractivity contribution in [1.29, 1.82) is 0 Å². The first-order valence-electron chi connectivity index (χ1n) is 11.0. The fourth-order valence-electron chi connectivity index (χ4n) is 4.36. The third kappa shape index (κ3) is 3.88. The van der Waals surface area contributed by atoms with E-state index in [4.69, 9.17) is 20.7 Å². The van der Waals surface area contributed by atoms with Crippen LogP contribution in [0.25, 0.3) is 33.2 Å². The van der Waals surface area contributed by atoms with E-state index >= 15 is 0 Å². The minimum Gasteiger partial charge on any atom is -0.383 e. The quantitative estimate of drug-likeness (QED) is 0.436. The van der Waals surface area contributed by atoms with E-state index in [9.17, 15) is 0 Å². The maximum atomic E-state index is 6.18. The van der Waals surface area contributed by atoms with E-state index in [0.29, 0.717) is 12.4 Å². The number of hydrogen-bond acceptors (Lipinski definition) is 8. The molecule has 6 rings (SSSR count). The largest absolute Gasteiger partial charge is 0.383 e. The molecule has 4 heterocycles. The van der Waals surface area contributed by atoms with E-state index in [1.807, 2.05) is 30.3 Å². The molecule has 7 nitrogen and oxygen atoms in total. The fraction of sp³-hybridized carbons (Fsp3) is 0.200. The van der Waals surface area contributed by atoms with Crippen LogP contribution in [0.4, 0.5) is 11.6 Å². The van der Waals surface area contributed by atoms with Gasteiger partial charge in [0.2, 0.25) is 0 Å². The summed E-state index contributed by atoms with van der Waals surface area (Å²) in [5.41, 5.74) is 9.12. The molecule has 8 heteroatoms. The van der Waals surface area contributed by atoms with E-state index in [2.05, 4.69) is 49.8 Å². The Bertz CT molecular complexity index is 1430. The molecule has 0 amide bonds. The van der Waals surface area contributed by atoms with Crippen LogP contribution in [0.2, 0.25) is 0 Å². The molecular formula is C25H23N7S. The van der Waals surface area contributed by atoms with Crippen LogP contribution in [0.5, 0.6) is 0 Å². The fourth-order valence-corrected chi connectivity index (χ4v) is 5.00. The van der Waals surface area contributed by atoms with E-state index in [1.54, 1.807) is 11.3 Å². The summed E-state index contributed by atoms with van der Waals surface area (Å²) in [7, 11) is 0. The Hall–Kier alpha value is -3.62. The van der Waals surface area contributed by atoms with Gasteiger partial charge in [0, 0.05) is 47.9 Å². The highest BCUT2D eigenvalue weighted by molar-refractivity contribution is 7.08. The molecule has 0 aliphatic carbocycles. The summed E-state index contributed by atoms with van der Waals surface area (Å²) in [4.78, 5) is 23.8. The van der Waals surface area contributed by atoms with Gasteiger partial charge in [-0.15, -0.1) is 0 Å². The van der Waals surface area contributed by atoms with Gasteiger partial charge in [0.1, 0.15) is 17.5 Å². The van der Waals surface area contributed by atoms with E-state index < -0.39 is 0 Å². The number of piperazine rings is 1. The second-order valence-electron chi connectivity index (χ2n) is 8.21. The Labute approximate surface area is 195 Å². The van der Waals surface area contributed by atoms with Crippen molar-refractivity contribution in [2.24, 2.45) is 0 Å². The van der Waals surface area contributed by atoms with Gasteiger partial charge in [0.25, 0.3) is 0 Å². The molecule has 2 N–H and O–H groups in total. The van der Waals surface area contributed by atoms with Crippen molar-refractivity contribution < 1.29 is 0 Å². The average Bonchev–Trinajstić information content (AvgIpc) is 3.39. The predicted octanol–water partition coefficient (Wildman–Crippen LogP) is 4.21. The van der Waals surface area contributed by atoms with Crippen LogP contribution in [0.15, 0.2) is 65.4 Å². The van der Waals surface area contributed by atoms with Crippen LogP contribution in [-0.4, -0.2) is 51.0 Å². The molecule has 0 radical (unpaired) electrons. The second kappa shape index (κ2) is 8.38. The van der Waals surface area contributed by atoms with Gasteiger partial charge in [-0.05, 0) is 35.7 Å². The Kier molecular flexibility index (Phi) is 5.09. The van der Waals surface area contributed by atoms with Crippen molar-refractivity contribution in [3.8, 4) is 11.4 Å². The maximum Gasteiger partial charge on any atom is 0.162 e. The lowest BCUT2D eigenvalue weighted by atomic mass is 10.2. The van der Waals surface area contributed by atoms with Crippen molar-refractivity contribution in [3.63, 3.8) is 0 Å². The number of hydrogen-bond donors (Lipinski definition) is 1. The molecule has 0 saturated carbocycles. The van der Waals surface area contributed by atoms with Crippen LogP contribution in [0.1, 0.15) is 5.82 Å². The van der Waals surface area contributed by atoms with Gasteiger partial charge in [-0.2, -0.15) is 11.3 Å². The molecule has 0 unspecified atom stereocenters. The van der Waals surface area contributed by atoms with Crippen molar-refractivity contribution in [3.05, 3.63) is 71.2 Å². The van der Waals surface area contributed by atoms with E-state index in [-0.39, 0.29) is 0 Å². The molecule has 33 heavy (non-hydrogen) atoms. The minimum atomic E-state index is 0.544. The maximum absolute atomic E-state index is 6.18. The molecule has 0 bridgehead atoms. The zero-order chi connectivity index (χ0) is 22.2. The SMILES string of the molecule is Nc1nc(CN2CCN(c3nc(-c4ccsc4)nc4ccccc34)CC2)nc2ccccc12. The summed E-state index contributed by atoms with van der Waals surface area (Å²) < 4.78 is 0. The number of aromatic nitrogens is 4. The van der Waals surface area contributed by atoms with Crippen molar-refractivity contribution in [1.82, 2.24) is 24.8 Å². The molecule has 1 aliphatic rings. The number of anilines is 2. The summed E-state index contributed by atoms with van der Waals surface area (Å²) >= 11 is 1.66. The van der Waals surface area contributed by atoms with Crippen LogP contribution in [0, 0.1) is 0 Å². The zero-order valence-electron chi connectivity index (χ0n) is 18.1. The Morgan fingerprint density at radius 2 is 1.52 bits per heavy atom. The number of thiophene rings is 1. The summed E-state index contributed by atoms with van der Waals surface area (Å²) in [5, 5.41) is 6.16. The number of fused-ring (bicyclic) bond motifs is 2. The number of para-hydroxylation sites is 2. The van der Waals surface area contributed by atoms with E-state index in [1.165, 1.54) is 0 Å². The van der Waals surface area contributed by atoms with Crippen LogP contribution in [-0.2, 0) is 6.54 Å². The zero-order valence-corrected chi connectivity index (χ0v) is 18.9. The average molecular weight is 454 g/mol. The van der Waals surface area contributed by atoms with Crippen molar-refractivity contribution in [2.45, 2.75) is 6.54 Å². The lowest BCUT2D eigenvalue weighted by Gasteiger charge is -2.35. The summed E-state index contributed by atoms with van der Waals surface area (Å²) in [6.07, 6.45) is 0. The highest BCUT2D eigenvalue weighted by Crippen LogP contribution is 2.29. The summed E-state index contributed by atoms with van der Waals surface area (Å²) in [6, 6.07) is 18.2. The Balaban J connectivity index is 1.23. The highest BCUT2D eigenvalue weighted by atomic mass is 32.1. The summed E-state index contributed by atoms with van der Waals surface area (Å²) in [6.45, 7) is 4.26. The van der Waals surface area contributed by atoms with Crippen molar-refractivity contribution >= 4 is 44.8 Å². The van der Waals surface area contributed by atoms with Gasteiger partial charge in [-0.25, -0.2) is 19.9 Å². The van der Waals surface area contributed by atoms with Gasteiger partial charge >= 0.3 is 0 Å². The van der Waals surface area contributed by atoms with Gasteiger partial charge in [0.15, 0.2) is 5.82 Å². The molecule has 0 atom stereocenters. The van der Waals surface area contributed by atoms with Crippen LogP contribution >= 0.6 is 11.3 Å². The van der Waals surface area contributed by atoms with Gasteiger partial charge < -0.3 is 10.6 Å². The lowest BCUT2D eigenvalue weighted by molar-refractivity contribution is 0.244. The van der Waals surface area contributed by atoms with Gasteiger partial charge in [-0.3, -0.25) is 4.90 Å². The first kappa shape index (κ1) is 20.0. The number of nitrogens with zero attached hydrogens (tertiary/aromatic N) is 6. The Morgan fingerprint density at radius 3 is 2.27 bits per heavy atom. The normalized spacial score (nSPS) is 14.8. The number of benzene rings is 2. The number of nitrogens with two attached hydrogens (primary N) is 1. The molecule has 0 spiro atoms. The first-order valence-corrected chi connectivity index (χ1v) is 12.0. The monoisotopic (exact) mass is 453 g/mol. The van der Waals surface area contributed by atoms with Crippen LogP contribution < -0.4 is 10.6 Å². The topological polar surface area (TPSA) is 84.1 Å². The standard InChI is InChI=1S/C25H23N7S/c26-23-18-5-1-3-7-20(18)27-22(29-23)15-31-10-12-32(13-11-31)25-19-6-2-4-8-21(19)28-24(30-25)17-9-14-33-16-17/h1-9,14,16H,10-13,15H2,(H2,26,27,29). The number of nitrogen functional groups attached to an aromatic ring is 1. The Morgan fingerprint density at radius 1 is 0.788 bits per heavy atom. The summed E-state index contributed by atoms with van der Waals surface area (Å²) in [5.74, 6) is 3.11. The second-order valence-corrected chi connectivity index (χ2v) is 8.99. The van der Waals surface area contributed by atoms with Gasteiger partial charge in [-0.1, -0.05) is 24.3 Å². The van der Waals surface area contributed by atoms with E-state index in [0.717, 1.165) is 71.0 Å². The third-order valence-corrected chi connectivity index (χ3v) is 6.76. The molecule has 3 aromatic heterocycles. The van der Waals surface area contributed by atoms with Crippen molar-refractivity contribution in [2.75, 3.05) is 36.8 Å². The number of rotatable bonds is 4. The van der Waals surface area contributed by atoms with Gasteiger partial charge in [0.05, 0.1) is 17.6 Å². The predicted molar refractivity (Wildman–Crippen MR) is 134 cm³/mol. The molecule has 5 aromatic rings. The highest BCUT2D eigenvalue weighted by Gasteiger charge is 2.22. The first-order chi connectivity index (χ1) is 16.2. The molecule has 1 fully saturated rings. The minimum absolute atomic E-state index is 0.544. The molecule has 164 valence electrons. The molecule has 1 saturated heterocycles. The molecule has 2 aromatic carbocycles. The lowest BCUT2D eigenvalue weighted by Crippen LogP contribution is -2.46. The third-order valence-electron chi connectivity index (χ3n) is 6.08.